The van der Waals surface area contributed by atoms with Crippen LogP contribution in [0.1, 0.15) is 16.3 Å². The quantitative estimate of drug-likeness (QED) is 0.604. The van der Waals surface area contributed by atoms with Gasteiger partial charge in [0.15, 0.2) is 5.82 Å². The largest absolute Gasteiger partial charge is 0.342 e. The molecule has 2 heterocycles. The van der Waals surface area contributed by atoms with Gasteiger partial charge in [-0.05, 0) is 24.3 Å². The van der Waals surface area contributed by atoms with Crippen molar-refractivity contribution >= 4 is 11.9 Å². The third-order valence-electron chi connectivity index (χ3n) is 1.82. The number of hydrogen-bond donors (Lipinski definition) is 1. The SMILES string of the molecule is O=C(C=Cc1ccccn1)c1ncc[nH]1. The molecule has 0 aliphatic heterocycles. The summed E-state index contributed by atoms with van der Waals surface area (Å²) >= 11 is 0. The number of nitrogens with one attached hydrogen (secondary N) is 1. The number of carbonyl (C=O) groups excluding carboxylic acids is 1. The summed E-state index contributed by atoms with van der Waals surface area (Å²) in [5.74, 6) is 0.174. The first-order valence-electron chi connectivity index (χ1n) is 4.49. The lowest BCUT2D eigenvalue weighted by Gasteiger charge is -1.90. The van der Waals surface area contributed by atoms with E-state index in [1.54, 1.807) is 24.7 Å². The van der Waals surface area contributed by atoms with Crippen LogP contribution in [0.4, 0.5) is 0 Å². The van der Waals surface area contributed by atoms with Gasteiger partial charge in [-0.3, -0.25) is 9.78 Å². The van der Waals surface area contributed by atoms with Gasteiger partial charge in [0.2, 0.25) is 5.78 Å². The number of carbonyl (C=O) groups is 1. The molecule has 15 heavy (non-hydrogen) atoms. The van der Waals surface area contributed by atoms with E-state index < -0.39 is 0 Å². The van der Waals surface area contributed by atoms with Gasteiger partial charge >= 0.3 is 0 Å². The van der Waals surface area contributed by atoms with Crippen LogP contribution in [0.5, 0.6) is 0 Å². The molecule has 0 aliphatic carbocycles. The molecule has 0 saturated heterocycles. The summed E-state index contributed by atoms with van der Waals surface area (Å²) in [5, 5.41) is 0. The predicted molar refractivity (Wildman–Crippen MR) is 56.2 cm³/mol. The third-order valence-corrected chi connectivity index (χ3v) is 1.82. The summed E-state index contributed by atoms with van der Waals surface area (Å²) in [6.45, 7) is 0. The summed E-state index contributed by atoms with van der Waals surface area (Å²) < 4.78 is 0. The molecule has 0 amide bonds. The van der Waals surface area contributed by atoms with Crippen LogP contribution >= 0.6 is 0 Å². The van der Waals surface area contributed by atoms with E-state index in [1.807, 2.05) is 18.2 Å². The van der Waals surface area contributed by atoms with Crippen molar-refractivity contribution in [2.45, 2.75) is 0 Å². The molecule has 0 bridgehead atoms. The van der Waals surface area contributed by atoms with E-state index >= 15 is 0 Å². The number of imidazole rings is 1. The monoisotopic (exact) mass is 199 g/mol. The molecule has 4 heteroatoms. The highest BCUT2D eigenvalue weighted by atomic mass is 16.1. The number of ketones is 1. The molecule has 0 atom stereocenters. The Morgan fingerprint density at radius 2 is 2.20 bits per heavy atom. The molecule has 0 fully saturated rings. The van der Waals surface area contributed by atoms with Crippen molar-refractivity contribution in [2.75, 3.05) is 0 Å². The van der Waals surface area contributed by atoms with Gasteiger partial charge in [-0.15, -0.1) is 0 Å². The number of rotatable bonds is 3. The van der Waals surface area contributed by atoms with Crippen molar-refractivity contribution in [3.05, 3.63) is 54.4 Å². The molecule has 74 valence electrons. The maximum absolute atomic E-state index is 11.5. The topological polar surface area (TPSA) is 58.6 Å². The number of hydrogen-bond acceptors (Lipinski definition) is 3. The molecule has 0 spiro atoms. The highest BCUT2D eigenvalue weighted by Crippen LogP contribution is 1.99. The van der Waals surface area contributed by atoms with E-state index in [4.69, 9.17) is 0 Å². The van der Waals surface area contributed by atoms with Gasteiger partial charge in [0, 0.05) is 18.6 Å². The number of pyridine rings is 1. The van der Waals surface area contributed by atoms with Gasteiger partial charge in [0.1, 0.15) is 0 Å². The zero-order valence-corrected chi connectivity index (χ0v) is 7.92. The highest BCUT2D eigenvalue weighted by Gasteiger charge is 2.02. The van der Waals surface area contributed by atoms with Crippen molar-refractivity contribution in [3.8, 4) is 0 Å². The first kappa shape index (κ1) is 9.33. The molecule has 1 N–H and O–H groups in total. The Morgan fingerprint density at radius 3 is 2.87 bits per heavy atom. The smallest absolute Gasteiger partial charge is 0.221 e. The maximum Gasteiger partial charge on any atom is 0.221 e. The fourth-order valence-corrected chi connectivity index (χ4v) is 1.11. The van der Waals surface area contributed by atoms with Gasteiger partial charge in [-0.1, -0.05) is 6.07 Å². The van der Waals surface area contributed by atoms with E-state index in [2.05, 4.69) is 15.0 Å². The van der Waals surface area contributed by atoms with Crippen LogP contribution < -0.4 is 0 Å². The molecular formula is C11H9N3O. The summed E-state index contributed by atoms with van der Waals surface area (Å²) in [4.78, 5) is 22.1. The number of nitrogens with zero attached hydrogens (tertiary/aromatic N) is 2. The van der Waals surface area contributed by atoms with Crippen molar-refractivity contribution in [1.82, 2.24) is 15.0 Å². The Morgan fingerprint density at radius 1 is 1.27 bits per heavy atom. The Balaban J connectivity index is 2.10. The fraction of sp³-hybridized carbons (Fsp3) is 0. The van der Waals surface area contributed by atoms with Crippen molar-refractivity contribution < 1.29 is 4.79 Å². The third kappa shape index (κ3) is 2.37. The lowest BCUT2D eigenvalue weighted by Crippen LogP contribution is -1.96. The normalized spacial score (nSPS) is 10.7. The first-order valence-corrected chi connectivity index (χ1v) is 4.49. The van der Waals surface area contributed by atoms with Gasteiger partial charge < -0.3 is 4.98 Å². The van der Waals surface area contributed by atoms with Gasteiger partial charge in [-0.25, -0.2) is 4.98 Å². The number of aromatic nitrogens is 3. The Kier molecular flexibility index (Phi) is 2.69. The minimum atomic E-state index is -0.161. The second kappa shape index (κ2) is 4.32. The minimum Gasteiger partial charge on any atom is -0.342 e. The van der Waals surface area contributed by atoms with E-state index in [-0.39, 0.29) is 5.78 Å². The van der Waals surface area contributed by atoms with E-state index in [0.29, 0.717) is 5.82 Å². The number of H-pyrrole nitrogens is 1. The molecule has 0 aromatic carbocycles. The Labute approximate surface area is 86.7 Å². The van der Waals surface area contributed by atoms with Gasteiger partial charge in [-0.2, -0.15) is 0 Å². The average Bonchev–Trinajstić information content (AvgIpc) is 2.81. The average molecular weight is 199 g/mol. The summed E-state index contributed by atoms with van der Waals surface area (Å²) in [5.41, 5.74) is 0.748. The fourth-order valence-electron chi connectivity index (χ4n) is 1.11. The van der Waals surface area contributed by atoms with Crippen LogP contribution in [-0.2, 0) is 0 Å². The first-order chi connectivity index (χ1) is 7.36. The summed E-state index contributed by atoms with van der Waals surface area (Å²) in [7, 11) is 0. The van der Waals surface area contributed by atoms with Crippen LogP contribution in [-0.4, -0.2) is 20.7 Å². The Bertz CT molecular complexity index is 460. The minimum absolute atomic E-state index is 0.161. The van der Waals surface area contributed by atoms with Crippen LogP contribution in [0.2, 0.25) is 0 Å². The van der Waals surface area contributed by atoms with Crippen molar-refractivity contribution in [1.29, 1.82) is 0 Å². The second-order valence-corrected chi connectivity index (χ2v) is 2.89. The van der Waals surface area contributed by atoms with Gasteiger partial charge in [0.05, 0.1) is 5.69 Å². The molecule has 0 aliphatic rings. The zero-order valence-electron chi connectivity index (χ0n) is 7.92. The highest BCUT2D eigenvalue weighted by molar-refractivity contribution is 6.04. The van der Waals surface area contributed by atoms with E-state index in [1.165, 1.54) is 6.08 Å². The van der Waals surface area contributed by atoms with Crippen molar-refractivity contribution in [3.63, 3.8) is 0 Å². The molecule has 2 rings (SSSR count). The molecule has 4 nitrogen and oxygen atoms in total. The molecule has 0 saturated carbocycles. The van der Waals surface area contributed by atoms with Crippen LogP contribution in [0.15, 0.2) is 42.9 Å². The predicted octanol–water partition coefficient (Wildman–Crippen LogP) is 1.70. The lowest BCUT2D eigenvalue weighted by molar-refractivity contribution is 0.103. The molecular weight excluding hydrogens is 190 g/mol. The molecule has 2 aromatic heterocycles. The van der Waals surface area contributed by atoms with Crippen molar-refractivity contribution in [2.24, 2.45) is 0 Å². The number of allylic oxidation sites excluding steroid dienone is 1. The summed E-state index contributed by atoms with van der Waals surface area (Å²) in [6.07, 6.45) is 7.94. The number of aromatic amines is 1. The summed E-state index contributed by atoms with van der Waals surface area (Å²) in [6, 6.07) is 5.52. The maximum atomic E-state index is 11.5. The van der Waals surface area contributed by atoms with Crippen LogP contribution in [0.25, 0.3) is 6.08 Å². The molecule has 0 unspecified atom stereocenters. The van der Waals surface area contributed by atoms with Gasteiger partial charge in [0.25, 0.3) is 0 Å². The lowest BCUT2D eigenvalue weighted by atomic mass is 10.3. The zero-order chi connectivity index (χ0) is 10.5. The standard InChI is InChI=1S/C11H9N3O/c15-10(11-13-7-8-14-11)5-4-9-3-1-2-6-12-9/h1-8H,(H,13,14). The van der Waals surface area contributed by atoms with E-state index in [0.717, 1.165) is 5.69 Å². The molecule has 2 aromatic rings. The molecule has 0 radical (unpaired) electrons. The van der Waals surface area contributed by atoms with E-state index in [9.17, 15) is 4.79 Å². The van der Waals surface area contributed by atoms with Crippen LogP contribution in [0.3, 0.4) is 0 Å². The Hall–Kier alpha value is -2.23. The second-order valence-electron chi connectivity index (χ2n) is 2.89. The van der Waals surface area contributed by atoms with Crippen LogP contribution in [0, 0.1) is 0 Å².